The van der Waals surface area contributed by atoms with Crippen molar-refractivity contribution in [1.29, 1.82) is 0 Å². The molecule has 0 unspecified atom stereocenters. The van der Waals surface area contributed by atoms with E-state index >= 15 is 0 Å². The van der Waals surface area contributed by atoms with Crippen molar-refractivity contribution in [2.75, 3.05) is 6.61 Å². The predicted molar refractivity (Wildman–Crippen MR) is 154 cm³/mol. The molecule has 188 valence electrons. The van der Waals surface area contributed by atoms with E-state index < -0.39 is 6.04 Å². The van der Waals surface area contributed by atoms with E-state index in [9.17, 15) is 9.59 Å². The zero-order chi connectivity index (χ0) is 25.3. The third-order valence-electron chi connectivity index (χ3n) is 6.39. The molecule has 3 aromatic rings. The zero-order valence-corrected chi connectivity index (χ0v) is 23.8. The molecule has 1 N–H and O–H groups in total. The van der Waals surface area contributed by atoms with Gasteiger partial charge in [0.2, 0.25) is 5.91 Å². The van der Waals surface area contributed by atoms with Crippen LogP contribution in [0.15, 0.2) is 83.3 Å². The van der Waals surface area contributed by atoms with Crippen molar-refractivity contribution in [3.8, 4) is 5.75 Å². The van der Waals surface area contributed by atoms with E-state index in [1.807, 2.05) is 78.9 Å². The molecule has 3 aromatic carbocycles. The second-order valence-electron chi connectivity index (χ2n) is 9.09. The molecule has 5 nitrogen and oxygen atoms in total. The van der Waals surface area contributed by atoms with Crippen LogP contribution in [0.4, 0.5) is 0 Å². The highest BCUT2D eigenvalue weighted by Gasteiger charge is 2.32. The monoisotopic (exact) mass is 660 g/mol. The van der Waals surface area contributed by atoms with Crippen molar-refractivity contribution >= 4 is 50.3 Å². The van der Waals surface area contributed by atoms with Gasteiger partial charge in [0.05, 0.1) is 0 Å². The Morgan fingerprint density at radius 3 is 2.36 bits per heavy atom. The molecule has 0 aliphatic heterocycles. The van der Waals surface area contributed by atoms with Crippen LogP contribution in [-0.2, 0) is 22.6 Å². The average Bonchev–Trinajstić information content (AvgIpc) is 3.39. The number of hydrogen-bond donors (Lipinski definition) is 1. The maximum atomic E-state index is 13.7. The van der Waals surface area contributed by atoms with Gasteiger partial charge in [-0.05, 0) is 83.0 Å². The van der Waals surface area contributed by atoms with Gasteiger partial charge in [-0.2, -0.15) is 0 Å². The number of halogens is 2. The molecule has 1 aliphatic carbocycles. The molecule has 36 heavy (non-hydrogen) atoms. The van der Waals surface area contributed by atoms with E-state index in [1.165, 1.54) is 0 Å². The summed E-state index contributed by atoms with van der Waals surface area (Å²) in [4.78, 5) is 29.0. The van der Waals surface area contributed by atoms with Crippen LogP contribution in [0, 0.1) is 3.57 Å². The summed E-state index contributed by atoms with van der Waals surface area (Å²) < 4.78 is 7.86. The molecular formula is C29H30BrIN2O3. The van der Waals surface area contributed by atoms with E-state index in [1.54, 1.807) is 4.90 Å². The first-order valence-corrected chi connectivity index (χ1v) is 14.1. The number of ether oxygens (including phenoxy) is 1. The summed E-state index contributed by atoms with van der Waals surface area (Å²) in [6, 6.07) is 24.8. The van der Waals surface area contributed by atoms with Gasteiger partial charge in [-0.3, -0.25) is 9.59 Å². The number of amides is 2. The summed E-state index contributed by atoms with van der Waals surface area (Å²) >= 11 is 5.76. The van der Waals surface area contributed by atoms with Crippen molar-refractivity contribution < 1.29 is 14.3 Å². The number of nitrogens with zero attached hydrogens (tertiary/aromatic N) is 1. The van der Waals surface area contributed by atoms with Gasteiger partial charge in [0.25, 0.3) is 5.91 Å². The van der Waals surface area contributed by atoms with E-state index in [4.69, 9.17) is 4.74 Å². The van der Waals surface area contributed by atoms with Crippen LogP contribution in [0.3, 0.4) is 0 Å². The van der Waals surface area contributed by atoms with E-state index in [-0.39, 0.29) is 24.5 Å². The summed E-state index contributed by atoms with van der Waals surface area (Å²) in [6.07, 6.45) is 4.65. The molecule has 1 saturated carbocycles. The van der Waals surface area contributed by atoms with Gasteiger partial charge in [0, 0.05) is 27.1 Å². The highest BCUT2D eigenvalue weighted by molar-refractivity contribution is 14.1. The molecule has 1 atom stereocenters. The Bertz CT molecular complexity index is 1150. The molecule has 1 aliphatic rings. The third-order valence-corrected chi connectivity index (χ3v) is 7.60. The number of rotatable bonds is 10. The van der Waals surface area contributed by atoms with Gasteiger partial charge in [-0.1, -0.05) is 71.2 Å². The van der Waals surface area contributed by atoms with Gasteiger partial charge in [-0.15, -0.1) is 0 Å². The third kappa shape index (κ3) is 7.80. The fourth-order valence-electron chi connectivity index (χ4n) is 4.51. The molecule has 4 rings (SSSR count). The molecule has 0 aromatic heterocycles. The Hall–Kier alpha value is -2.39. The summed E-state index contributed by atoms with van der Waals surface area (Å²) in [5.74, 6) is 0.292. The first-order chi connectivity index (χ1) is 17.5. The minimum absolute atomic E-state index is 0.108. The molecule has 0 saturated heterocycles. The fourth-order valence-corrected chi connectivity index (χ4v) is 5.32. The Balaban J connectivity index is 1.60. The number of carbonyl (C=O) groups excluding carboxylic acids is 2. The number of nitrogens with one attached hydrogen (secondary N) is 1. The first-order valence-electron chi connectivity index (χ1n) is 12.2. The predicted octanol–water partition coefficient (Wildman–Crippen LogP) is 6.13. The largest absolute Gasteiger partial charge is 0.484 e. The number of carbonyl (C=O) groups is 2. The Morgan fingerprint density at radius 1 is 0.972 bits per heavy atom. The lowest BCUT2D eigenvalue weighted by Crippen LogP contribution is -2.53. The van der Waals surface area contributed by atoms with Crippen molar-refractivity contribution in [3.63, 3.8) is 0 Å². The molecule has 1 fully saturated rings. The van der Waals surface area contributed by atoms with Crippen molar-refractivity contribution in [2.24, 2.45) is 0 Å². The van der Waals surface area contributed by atoms with Crippen molar-refractivity contribution in [2.45, 2.75) is 50.7 Å². The number of benzene rings is 3. The fraction of sp³-hybridized carbons (Fsp3) is 0.310. The molecule has 7 heteroatoms. The van der Waals surface area contributed by atoms with Crippen LogP contribution in [0.25, 0.3) is 0 Å². The van der Waals surface area contributed by atoms with Crippen LogP contribution in [0.2, 0.25) is 0 Å². The van der Waals surface area contributed by atoms with Gasteiger partial charge in [-0.25, -0.2) is 0 Å². The quantitative estimate of drug-likeness (QED) is 0.266. The minimum atomic E-state index is -0.653. The number of hydrogen-bond acceptors (Lipinski definition) is 3. The van der Waals surface area contributed by atoms with Crippen LogP contribution in [0.1, 0.15) is 36.8 Å². The van der Waals surface area contributed by atoms with Crippen LogP contribution < -0.4 is 10.1 Å². The lowest BCUT2D eigenvalue weighted by Gasteiger charge is -2.32. The van der Waals surface area contributed by atoms with Crippen LogP contribution in [-0.4, -0.2) is 35.4 Å². The highest BCUT2D eigenvalue weighted by Crippen LogP contribution is 2.21. The Kier molecular flexibility index (Phi) is 9.81. The summed E-state index contributed by atoms with van der Waals surface area (Å²) in [5, 5.41) is 3.23. The Morgan fingerprint density at radius 2 is 1.67 bits per heavy atom. The Labute approximate surface area is 234 Å². The maximum Gasteiger partial charge on any atom is 0.261 e. The smallest absolute Gasteiger partial charge is 0.261 e. The first kappa shape index (κ1) is 26.7. The average molecular weight is 661 g/mol. The standard InChI is InChI=1S/C29H30BrIN2O3/c30-23-10-6-9-22(17-23)19-33(28(34)20-36-26-15-13-24(31)14-16-26)27(18-21-7-2-1-3-8-21)29(35)32-25-11-4-5-12-25/h1-3,6-10,13-17,25,27H,4-5,11-12,18-20H2,(H,32,35)/t27-/m1/s1. The molecule has 0 spiro atoms. The second-order valence-corrected chi connectivity index (χ2v) is 11.3. The summed E-state index contributed by atoms with van der Waals surface area (Å²) in [5.41, 5.74) is 1.95. The highest BCUT2D eigenvalue weighted by atomic mass is 127. The van der Waals surface area contributed by atoms with Crippen molar-refractivity contribution in [1.82, 2.24) is 10.2 Å². The zero-order valence-electron chi connectivity index (χ0n) is 20.0. The van der Waals surface area contributed by atoms with E-state index in [0.29, 0.717) is 18.7 Å². The molecule has 0 radical (unpaired) electrons. The van der Waals surface area contributed by atoms with E-state index in [0.717, 1.165) is 44.9 Å². The normalized spacial score (nSPS) is 14.3. The van der Waals surface area contributed by atoms with Gasteiger partial charge >= 0.3 is 0 Å². The topological polar surface area (TPSA) is 58.6 Å². The van der Waals surface area contributed by atoms with Gasteiger partial charge < -0.3 is 15.0 Å². The molecule has 0 bridgehead atoms. The lowest BCUT2D eigenvalue weighted by atomic mass is 10.0. The second kappa shape index (κ2) is 13.2. The lowest BCUT2D eigenvalue weighted by molar-refractivity contribution is -0.143. The minimum Gasteiger partial charge on any atom is -0.484 e. The van der Waals surface area contributed by atoms with Crippen molar-refractivity contribution in [3.05, 3.63) is 98.0 Å². The van der Waals surface area contributed by atoms with E-state index in [2.05, 4.69) is 43.8 Å². The molecular weight excluding hydrogens is 631 g/mol. The van der Waals surface area contributed by atoms with Crippen LogP contribution >= 0.6 is 38.5 Å². The SMILES string of the molecule is O=C(NC1CCCC1)[C@@H](Cc1ccccc1)N(Cc1cccc(Br)c1)C(=O)COc1ccc(I)cc1. The van der Waals surface area contributed by atoms with Gasteiger partial charge in [0.1, 0.15) is 11.8 Å². The van der Waals surface area contributed by atoms with Crippen LogP contribution in [0.5, 0.6) is 5.75 Å². The van der Waals surface area contributed by atoms with Gasteiger partial charge in [0.15, 0.2) is 6.61 Å². The molecule has 0 heterocycles. The summed E-state index contributed by atoms with van der Waals surface area (Å²) in [6.45, 7) is 0.167. The molecule has 2 amide bonds. The maximum absolute atomic E-state index is 13.7. The summed E-state index contributed by atoms with van der Waals surface area (Å²) in [7, 11) is 0.